The molecule has 0 radical (unpaired) electrons. The Morgan fingerprint density at radius 3 is 2.15 bits per heavy atom. The van der Waals surface area contributed by atoms with Crippen molar-refractivity contribution in [3.63, 3.8) is 0 Å². The van der Waals surface area contributed by atoms with Crippen LogP contribution in [0.25, 0.3) is 0 Å². The Kier molecular flexibility index (Phi) is 4.81. The molecule has 27 heavy (non-hydrogen) atoms. The van der Waals surface area contributed by atoms with Gasteiger partial charge in [-0.25, -0.2) is 0 Å². The summed E-state index contributed by atoms with van der Waals surface area (Å²) in [4.78, 5) is 11.6. The molecule has 5 nitrogen and oxygen atoms in total. The summed E-state index contributed by atoms with van der Waals surface area (Å²) in [7, 11) is 3.22. The van der Waals surface area contributed by atoms with Gasteiger partial charge in [0.25, 0.3) is 0 Å². The zero-order valence-corrected chi connectivity index (χ0v) is 16.7. The lowest BCUT2D eigenvalue weighted by Gasteiger charge is -2.44. The fourth-order valence-electron chi connectivity index (χ4n) is 3.95. The highest BCUT2D eigenvalue weighted by atomic mass is 16.5. The summed E-state index contributed by atoms with van der Waals surface area (Å²) in [6.45, 7) is 7.78. The maximum Gasteiger partial charge on any atom is 0.308 e. The molecule has 2 aromatic rings. The lowest BCUT2D eigenvalue weighted by atomic mass is 9.71. The third kappa shape index (κ3) is 3.59. The topological polar surface area (TPSA) is 54.0 Å². The SMILES string of the molecule is COc1ccc2c(c1)OC(C)(c1ccc(OC)cc1OC(C)=O)CC2(C)C. The van der Waals surface area contributed by atoms with Crippen LogP contribution in [0.3, 0.4) is 0 Å². The van der Waals surface area contributed by atoms with Gasteiger partial charge in [0.05, 0.1) is 14.2 Å². The first-order valence-electron chi connectivity index (χ1n) is 8.93. The lowest BCUT2D eigenvalue weighted by molar-refractivity contribution is -0.132. The van der Waals surface area contributed by atoms with Gasteiger partial charge in [-0.05, 0) is 30.5 Å². The second kappa shape index (κ2) is 6.80. The first-order chi connectivity index (χ1) is 12.7. The van der Waals surface area contributed by atoms with E-state index in [1.807, 2.05) is 31.2 Å². The molecule has 1 aliphatic heterocycles. The van der Waals surface area contributed by atoms with Crippen LogP contribution >= 0.6 is 0 Å². The van der Waals surface area contributed by atoms with Crippen molar-refractivity contribution < 1.29 is 23.7 Å². The Bertz CT molecular complexity index is 871. The van der Waals surface area contributed by atoms with E-state index in [0.29, 0.717) is 11.5 Å². The number of hydrogen-bond acceptors (Lipinski definition) is 5. The molecule has 0 saturated carbocycles. The number of ether oxygens (including phenoxy) is 4. The minimum atomic E-state index is -0.681. The number of carbonyl (C=O) groups is 1. The van der Waals surface area contributed by atoms with Gasteiger partial charge >= 0.3 is 5.97 Å². The van der Waals surface area contributed by atoms with Gasteiger partial charge in [-0.15, -0.1) is 0 Å². The van der Waals surface area contributed by atoms with Crippen LogP contribution in [0.2, 0.25) is 0 Å². The fourth-order valence-corrected chi connectivity index (χ4v) is 3.95. The maximum absolute atomic E-state index is 11.6. The normalized spacial score (nSPS) is 20.2. The number of rotatable bonds is 4. The van der Waals surface area contributed by atoms with Gasteiger partial charge in [0, 0.05) is 36.6 Å². The molecule has 0 bridgehead atoms. The Hall–Kier alpha value is -2.69. The molecule has 0 N–H and O–H groups in total. The van der Waals surface area contributed by atoms with Crippen LogP contribution in [0.5, 0.6) is 23.0 Å². The van der Waals surface area contributed by atoms with Crippen molar-refractivity contribution in [2.45, 2.75) is 45.1 Å². The summed E-state index contributed by atoms with van der Waals surface area (Å²) >= 11 is 0. The van der Waals surface area contributed by atoms with Crippen LogP contribution in [-0.4, -0.2) is 20.2 Å². The van der Waals surface area contributed by atoms with Crippen molar-refractivity contribution in [2.75, 3.05) is 14.2 Å². The smallest absolute Gasteiger partial charge is 0.308 e. The highest BCUT2D eigenvalue weighted by molar-refractivity contribution is 5.70. The van der Waals surface area contributed by atoms with Crippen molar-refractivity contribution in [3.8, 4) is 23.0 Å². The average molecular weight is 370 g/mol. The third-order valence-electron chi connectivity index (χ3n) is 5.04. The lowest BCUT2D eigenvalue weighted by Crippen LogP contribution is -2.42. The number of fused-ring (bicyclic) bond motifs is 1. The van der Waals surface area contributed by atoms with Crippen LogP contribution in [-0.2, 0) is 15.8 Å². The molecule has 0 aromatic heterocycles. The van der Waals surface area contributed by atoms with E-state index in [1.54, 1.807) is 20.3 Å². The predicted molar refractivity (Wildman–Crippen MR) is 103 cm³/mol. The molecule has 2 aromatic carbocycles. The number of benzene rings is 2. The summed E-state index contributed by atoms with van der Waals surface area (Å²) in [6.07, 6.45) is 0.722. The molecule has 5 heteroatoms. The van der Waals surface area contributed by atoms with Crippen molar-refractivity contribution in [2.24, 2.45) is 0 Å². The number of esters is 1. The number of methoxy groups -OCH3 is 2. The van der Waals surface area contributed by atoms with Crippen molar-refractivity contribution >= 4 is 5.97 Å². The third-order valence-corrected chi connectivity index (χ3v) is 5.04. The molecule has 0 fully saturated rings. The maximum atomic E-state index is 11.6. The Labute approximate surface area is 160 Å². The van der Waals surface area contributed by atoms with Gasteiger partial charge in [-0.1, -0.05) is 19.9 Å². The quantitative estimate of drug-likeness (QED) is 0.581. The molecule has 3 rings (SSSR count). The van der Waals surface area contributed by atoms with Gasteiger partial charge in [0.1, 0.15) is 28.6 Å². The zero-order valence-electron chi connectivity index (χ0n) is 16.7. The van der Waals surface area contributed by atoms with Crippen LogP contribution in [0.15, 0.2) is 36.4 Å². The minimum absolute atomic E-state index is 0.137. The zero-order chi connectivity index (χ0) is 19.8. The second-order valence-corrected chi connectivity index (χ2v) is 7.71. The summed E-state index contributed by atoms with van der Waals surface area (Å²) < 4.78 is 22.6. The minimum Gasteiger partial charge on any atom is -0.497 e. The Morgan fingerprint density at radius 2 is 1.56 bits per heavy atom. The predicted octanol–water partition coefficient (Wildman–Crippen LogP) is 4.60. The van der Waals surface area contributed by atoms with E-state index in [9.17, 15) is 4.79 Å². The standard InChI is InChI=1S/C22H26O5/c1-14(23)26-19-11-15(24-5)8-10-18(19)22(4)13-21(2,3)17-9-7-16(25-6)12-20(17)27-22/h7-12H,13H2,1-6H3. The second-order valence-electron chi connectivity index (χ2n) is 7.71. The largest absolute Gasteiger partial charge is 0.497 e. The summed E-state index contributed by atoms with van der Waals surface area (Å²) in [5.74, 6) is 2.20. The molecular formula is C22H26O5. The highest BCUT2D eigenvalue weighted by Crippen LogP contribution is 2.51. The molecular weight excluding hydrogens is 344 g/mol. The van der Waals surface area contributed by atoms with Gasteiger partial charge in [0.2, 0.25) is 0 Å². The molecule has 1 unspecified atom stereocenters. The Morgan fingerprint density at radius 1 is 0.963 bits per heavy atom. The fraction of sp³-hybridized carbons (Fsp3) is 0.409. The molecule has 0 saturated heterocycles. The summed E-state index contributed by atoms with van der Waals surface area (Å²) in [6, 6.07) is 11.4. The van der Waals surface area contributed by atoms with E-state index in [0.717, 1.165) is 29.0 Å². The van der Waals surface area contributed by atoms with Gasteiger partial charge in [0.15, 0.2) is 0 Å². The van der Waals surface area contributed by atoms with E-state index >= 15 is 0 Å². The highest BCUT2D eigenvalue weighted by Gasteiger charge is 2.44. The average Bonchev–Trinajstić information content (AvgIpc) is 2.59. The summed E-state index contributed by atoms with van der Waals surface area (Å²) in [5.41, 5.74) is 1.12. The number of hydrogen-bond donors (Lipinski definition) is 0. The van der Waals surface area contributed by atoms with Crippen molar-refractivity contribution in [1.82, 2.24) is 0 Å². The molecule has 1 heterocycles. The van der Waals surface area contributed by atoms with E-state index < -0.39 is 5.60 Å². The molecule has 1 aliphatic rings. The summed E-state index contributed by atoms with van der Waals surface area (Å²) in [5, 5.41) is 0. The van der Waals surface area contributed by atoms with Gasteiger partial charge in [-0.2, -0.15) is 0 Å². The van der Waals surface area contributed by atoms with Gasteiger partial charge < -0.3 is 18.9 Å². The van der Waals surface area contributed by atoms with E-state index in [4.69, 9.17) is 18.9 Å². The van der Waals surface area contributed by atoms with Crippen LogP contribution in [0.4, 0.5) is 0 Å². The van der Waals surface area contributed by atoms with Crippen LogP contribution in [0.1, 0.15) is 45.2 Å². The van der Waals surface area contributed by atoms with E-state index in [1.165, 1.54) is 6.92 Å². The van der Waals surface area contributed by atoms with Crippen molar-refractivity contribution in [1.29, 1.82) is 0 Å². The first-order valence-corrected chi connectivity index (χ1v) is 8.93. The first kappa shape index (κ1) is 19.1. The Balaban J connectivity index is 2.12. The van der Waals surface area contributed by atoms with Crippen molar-refractivity contribution in [3.05, 3.63) is 47.5 Å². The monoisotopic (exact) mass is 370 g/mol. The molecule has 144 valence electrons. The molecule has 0 amide bonds. The molecule has 0 spiro atoms. The molecule has 0 aliphatic carbocycles. The van der Waals surface area contributed by atoms with Gasteiger partial charge in [-0.3, -0.25) is 4.79 Å². The number of carbonyl (C=O) groups excluding carboxylic acids is 1. The van der Waals surface area contributed by atoms with E-state index in [2.05, 4.69) is 19.9 Å². The van der Waals surface area contributed by atoms with Crippen LogP contribution in [0, 0.1) is 0 Å². The van der Waals surface area contributed by atoms with E-state index in [-0.39, 0.29) is 11.4 Å². The van der Waals surface area contributed by atoms with Crippen LogP contribution < -0.4 is 18.9 Å². The molecule has 1 atom stereocenters.